The largest absolute Gasteiger partial charge is 0.340 e. The summed E-state index contributed by atoms with van der Waals surface area (Å²) in [4.78, 5) is 4.41. The summed E-state index contributed by atoms with van der Waals surface area (Å²) >= 11 is 6.17. The van der Waals surface area contributed by atoms with Crippen molar-refractivity contribution in [3.8, 4) is 0 Å². The lowest BCUT2D eigenvalue weighted by Gasteiger charge is -2.05. The Labute approximate surface area is 129 Å². The molecule has 0 aliphatic heterocycles. The predicted octanol–water partition coefficient (Wildman–Crippen LogP) is 3.19. The summed E-state index contributed by atoms with van der Waals surface area (Å²) in [7, 11) is 2.01. The second-order valence-corrected chi connectivity index (χ2v) is 5.61. The van der Waals surface area contributed by atoms with Gasteiger partial charge in [-0.15, -0.1) is 0 Å². The van der Waals surface area contributed by atoms with Crippen molar-refractivity contribution in [2.75, 3.05) is 6.54 Å². The Hall–Kier alpha value is -1.78. The van der Waals surface area contributed by atoms with Gasteiger partial charge in [0.1, 0.15) is 5.82 Å². The molecule has 21 heavy (non-hydrogen) atoms. The molecule has 110 valence electrons. The number of halogens is 1. The lowest BCUT2D eigenvalue weighted by Crippen LogP contribution is -2.11. The molecule has 4 nitrogen and oxygen atoms in total. The van der Waals surface area contributed by atoms with E-state index < -0.39 is 0 Å². The maximum absolute atomic E-state index is 6.17. The van der Waals surface area contributed by atoms with Crippen LogP contribution >= 0.6 is 11.6 Å². The van der Waals surface area contributed by atoms with E-state index in [0.29, 0.717) is 0 Å². The second kappa shape index (κ2) is 5.92. The number of imidazole rings is 1. The van der Waals surface area contributed by atoms with Gasteiger partial charge >= 0.3 is 0 Å². The van der Waals surface area contributed by atoms with E-state index in [1.54, 1.807) is 0 Å². The van der Waals surface area contributed by atoms with E-state index in [0.717, 1.165) is 36.0 Å². The van der Waals surface area contributed by atoms with Crippen LogP contribution in [0.25, 0.3) is 10.9 Å². The van der Waals surface area contributed by atoms with Crippen molar-refractivity contribution in [1.29, 1.82) is 0 Å². The Morgan fingerprint density at radius 2 is 2.19 bits per heavy atom. The lowest BCUT2D eigenvalue weighted by atomic mass is 10.2. The smallest absolute Gasteiger partial charge is 0.128 e. The molecule has 0 bridgehead atoms. The number of hydrogen-bond donors (Lipinski definition) is 1. The van der Waals surface area contributed by atoms with Crippen LogP contribution in [-0.2, 0) is 20.1 Å². The van der Waals surface area contributed by atoms with Crippen LogP contribution in [0.2, 0.25) is 5.02 Å². The van der Waals surface area contributed by atoms with Gasteiger partial charge in [-0.05, 0) is 24.2 Å². The molecule has 0 fully saturated rings. The first-order valence-corrected chi connectivity index (χ1v) is 7.51. The number of nitrogens with zero attached hydrogens (tertiary/aromatic N) is 3. The summed E-state index contributed by atoms with van der Waals surface area (Å²) < 4.78 is 4.26. The Kier molecular flexibility index (Phi) is 3.99. The zero-order chi connectivity index (χ0) is 14.8. The molecular formula is C16H19ClN4. The van der Waals surface area contributed by atoms with Crippen molar-refractivity contribution in [3.63, 3.8) is 0 Å². The van der Waals surface area contributed by atoms with Crippen LogP contribution in [0.3, 0.4) is 0 Å². The quantitative estimate of drug-likeness (QED) is 0.785. The van der Waals surface area contributed by atoms with Crippen molar-refractivity contribution >= 4 is 22.5 Å². The third kappa shape index (κ3) is 2.82. The summed E-state index contributed by atoms with van der Waals surface area (Å²) in [5, 5.41) is 5.39. The molecule has 0 unspecified atom stereocenters. The van der Waals surface area contributed by atoms with E-state index in [2.05, 4.69) is 34.1 Å². The first-order valence-electron chi connectivity index (χ1n) is 7.13. The SMILES string of the molecule is CCNCc1cn(Cc2nccn2C)c2cc(Cl)ccc12. The van der Waals surface area contributed by atoms with Gasteiger partial charge in [0.25, 0.3) is 0 Å². The first kappa shape index (κ1) is 14.2. The summed E-state index contributed by atoms with van der Waals surface area (Å²) in [5.41, 5.74) is 2.44. The Morgan fingerprint density at radius 1 is 1.33 bits per heavy atom. The molecule has 2 aromatic heterocycles. The Morgan fingerprint density at radius 3 is 2.90 bits per heavy atom. The van der Waals surface area contributed by atoms with Crippen molar-refractivity contribution in [1.82, 2.24) is 19.4 Å². The molecule has 2 heterocycles. The molecule has 3 aromatic rings. The first-order chi connectivity index (χ1) is 10.2. The fraction of sp³-hybridized carbons (Fsp3) is 0.312. The fourth-order valence-electron chi connectivity index (χ4n) is 2.57. The zero-order valence-electron chi connectivity index (χ0n) is 12.3. The minimum Gasteiger partial charge on any atom is -0.340 e. The van der Waals surface area contributed by atoms with Crippen LogP contribution < -0.4 is 5.32 Å². The maximum Gasteiger partial charge on any atom is 0.128 e. The Balaban J connectivity index is 2.04. The highest BCUT2D eigenvalue weighted by Crippen LogP contribution is 2.25. The number of benzene rings is 1. The average molecular weight is 303 g/mol. The maximum atomic E-state index is 6.17. The van der Waals surface area contributed by atoms with E-state index in [1.165, 1.54) is 10.9 Å². The zero-order valence-corrected chi connectivity index (χ0v) is 13.1. The number of rotatable bonds is 5. The summed E-state index contributed by atoms with van der Waals surface area (Å²) in [5.74, 6) is 1.03. The van der Waals surface area contributed by atoms with Gasteiger partial charge in [0.05, 0.1) is 12.1 Å². The summed E-state index contributed by atoms with van der Waals surface area (Å²) in [6, 6.07) is 6.07. The number of fused-ring (bicyclic) bond motifs is 1. The van der Waals surface area contributed by atoms with Gasteiger partial charge in [-0.3, -0.25) is 0 Å². The molecule has 0 atom stereocenters. The van der Waals surface area contributed by atoms with Crippen LogP contribution in [-0.4, -0.2) is 20.7 Å². The van der Waals surface area contributed by atoms with E-state index >= 15 is 0 Å². The molecule has 0 amide bonds. The fourth-order valence-corrected chi connectivity index (χ4v) is 2.74. The molecule has 0 radical (unpaired) electrons. The number of aromatic nitrogens is 3. The molecule has 5 heteroatoms. The topological polar surface area (TPSA) is 34.8 Å². The second-order valence-electron chi connectivity index (χ2n) is 5.18. The van der Waals surface area contributed by atoms with Gasteiger partial charge in [-0.1, -0.05) is 24.6 Å². The number of hydrogen-bond acceptors (Lipinski definition) is 2. The highest BCUT2D eigenvalue weighted by atomic mass is 35.5. The normalized spacial score (nSPS) is 11.4. The molecule has 1 aromatic carbocycles. The van der Waals surface area contributed by atoms with E-state index in [9.17, 15) is 0 Å². The van der Waals surface area contributed by atoms with Gasteiger partial charge < -0.3 is 14.5 Å². The molecule has 0 saturated carbocycles. The molecule has 0 saturated heterocycles. The molecular weight excluding hydrogens is 284 g/mol. The average Bonchev–Trinajstić information content (AvgIpc) is 3.02. The standard InChI is InChI=1S/C16H19ClN4/c1-3-18-9-12-10-21(11-16-19-6-7-20(16)2)15-8-13(17)4-5-14(12)15/h4-8,10,18H,3,9,11H2,1-2H3. The Bertz CT molecular complexity index is 757. The van der Waals surface area contributed by atoms with Crippen LogP contribution in [0, 0.1) is 0 Å². The van der Waals surface area contributed by atoms with Gasteiger partial charge in [-0.2, -0.15) is 0 Å². The minimum absolute atomic E-state index is 0.743. The monoisotopic (exact) mass is 302 g/mol. The van der Waals surface area contributed by atoms with Gasteiger partial charge in [-0.25, -0.2) is 4.98 Å². The van der Waals surface area contributed by atoms with Crippen molar-refractivity contribution in [2.45, 2.75) is 20.0 Å². The minimum atomic E-state index is 0.743. The van der Waals surface area contributed by atoms with E-state index in [1.807, 2.05) is 36.1 Å². The van der Waals surface area contributed by atoms with Crippen molar-refractivity contribution in [2.24, 2.45) is 7.05 Å². The van der Waals surface area contributed by atoms with Crippen molar-refractivity contribution < 1.29 is 0 Å². The highest BCUT2D eigenvalue weighted by Gasteiger charge is 2.10. The van der Waals surface area contributed by atoms with Crippen LogP contribution in [0.15, 0.2) is 36.8 Å². The highest BCUT2D eigenvalue weighted by molar-refractivity contribution is 6.31. The van der Waals surface area contributed by atoms with Gasteiger partial charge in [0.2, 0.25) is 0 Å². The molecule has 0 aliphatic rings. The lowest BCUT2D eigenvalue weighted by molar-refractivity contribution is 0.703. The molecule has 1 N–H and O–H groups in total. The summed E-state index contributed by atoms with van der Waals surface area (Å²) in [6.45, 7) is 4.68. The van der Waals surface area contributed by atoms with Crippen molar-refractivity contribution in [3.05, 3.63) is 53.2 Å². The van der Waals surface area contributed by atoms with Gasteiger partial charge in [0.15, 0.2) is 0 Å². The predicted molar refractivity (Wildman–Crippen MR) is 86.6 cm³/mol. The molecule has 0 spiro atoms. The third-order valence-corrected chi connectivity index (χ3v) is 3.96. The van der Waals surface area contributed by atoms with Crippen LogP contribution in [0.1, 0.15) is 18.3 Å². The van der Waals surface area contributed by atoms with Gasteiger partial charge in [0, 0.05) is 42.6 Å². The summed E-state index contributed by atoms with van der Waals surface area (Å²) in [6.07, 6.45) is 5.99. The number of nitrogens with one attached hydrogen (secondary N) is 1. The molecule has 3 rings (SSSR count). The van der Waals surface area contributed by atoms with E-state index in [-0.39, 0.29) is 0 Å². The molecule has 0 aliphatic carbocycles. The number of aryl methyl sites for hydroxylation is 1. The third-order valence-electron chi connectivity index (χ3n) is 3.73. The van der Waals surface area contributed by atoms with Crippen LogP contribution in [0.5, 0.6) is 0 Å². The van der Waals surface area contributed by atoms with Crippen LogP contribution in [0.4, 0.5) is 0 Å². The van der Waals surface area contributed by atoms with E-state index in [4.69, 9.17) is 11.6 Å².